The lowest BCUT2D eigenvalue weighted by atomic mass is 10.1. The molecule has 4 heterocycles. The van der Waals surface area contributed by atoms with Crippen molar-refractivity contribution >= 4 is 25.4 Å². The molecule has 0 saturated heterocycles. The van der Waals surface area contributed by atoms with Gasteiger partial charge in [-0.3, -0.25) is 4.40 Å². The second kappa shape index (κ2) is 8.56. The highest BCUT2D eigenvalue weighted by molar-refractivity contribution is 7.13. The van der Waals surface area contributed by atoms with E-state index in [-0.39, 0.29) is 0 Å². The fourth-order valence-electron chi connectivity index (χ4n) is 3.89. The summed E-state index contributed by atoms with van der Waals surface area (Å²) in [5.74, 6) is 1.25. The Kier molecular flexibility index (Phi) is 6.00. The summed E-state index contributed by atoms with van der Waals surface area (Å²) in [5, 5.41) is 2.72. The molecule has 0 saturated carbocycles. The average molecular weight is 453 g/mol. The van der Waals surface area contributed by atoms with Gasteiger partial charge in [0.25, 0.3) is 0 Å². The standard InChI is InChI=1S/C22H28N6OSSi/c1-6-31(7-2,8-3)29-22(4,5)18-10-13-28-17(15-25-21(28)27-18)16-9-11-23-19(26-16)20-24-12-14-30-20/h9-15H,6-8H2,1-5H3. The lowest BCUT2D eigenvalue weighted by Crippen LogP contribution is -2.43. The molecule has 0 spiro atoms. The Bertz CT molecular complexity index is 1160. The normalized spacial score (nSPS) is 12.5. The van der Waals surface area contributed by atoms with Crippen molar-refractivity contribution in [3.8, 4) is 22.2 Å². The summed E-state index contributed by atoms with van der Waals surface area (Å²) in [7, 11) is -1.77. The molecule has 0 aliphatic rings. The number of fused-ring (bicyclic) bond motifs is 1. The summed E-state index contributed by atoms with van der Waals surface area (Å²) in [5.41, 5.74) is 2.09. The first-order chi connectivity index (χ1) is 14.9. The van der Waals surface area contributed by atoms with Crippen molar-refractivity contribution < 1.29 is 4.43 Å². The summed E-state index contributed by atoms with van der Waals surface area (Å²) in [6, 6.07) is 7.23. The molecule has 0 amide bonds. The molecule has 0 aliphatic heterocycles. The van der Waals surface area contributed by atoms with E-state index in [1.165, 1.54) is 11.3 Å². The van der Waals surface area contributed by atoms with Crippen molar-refractivity contribution in [2.75, 3.05) is 0 Å². The van der Waals surface area contributed by atoms with E-state index in [0.717, 1.165) is 40.2 Å². The first kappa shape index (κ1) is 21.7. The van der Waals surface area contributed by atoms with Crippen LogP contribution < -0.4 is 0 Å². The molecule has 0 fully saturated rings. The molecule has 162 valence electrons. The van der Waals surface area contributed by atoms with Gasteiger partial charge in [0.05, 0.1) is 28.9 Å². The molecule has 0 bridgehead atoms. The smallest absolute Gasteiger partial charge is 0.234 e. The maximum atomic E-state index is 6.77. The van der Waals surface area contributed by atoms with E-state index in [1.54, 1.807) is 18.6 Å². The topological polar surface area (TPSA) is 78.1 Å². The van der Waals surface area contributed by atoms with Crippen molar-refractivity contribution in [3.05, 3.63) is 48.0 Å². The molecule has 4 rings (SSSR count). The maximum absolute atomic E-state index is 6.77. The van der Waals surface area contributed by atoms with Gasteiger partial charge in [-0.15, -0.1) is 11.3 Å². The number of nitrogens with zero attached hydrogens (tertiary/aromatic N) is 6. The zero-order chi connectivity index (χ0) is 22.1. The van der Waals surface area contributed by atoms with Crippen LogP contribution in [-0.4, -0.2) is 37.6 Å². The Morgan fingerprint density at radius 1 is 1.00 bits per heavy atom. The number of aromatic nitrogens is 6. The van der Waals surface area contributed by atoms with Crippen LogP contribution in [-0.2, 0) is 10.0 Å². The lowest BCUT2D eigenvalue weighted by Gasteiger charge is -2.37. The summed E-state index contributed by atoms with van der Waals surface area (Å²) in [6.45, 7) is 11.0. The predicted molar refractivity (Wildman–Crippen MR) is 126 cm³/mol. The third kappa shape index (κ3) is 4.17. The van der Waals surface area contributed by atoms with Crippen LogP contribution in [0.2, 0.25) is 18.1 Å². The van der Waals surface area contributed by atoms with Gasteiger partial charge in [-0.25, -0.2) is 24.9 Å². The fourth-order valence-corrected chi connectivity index (χ4v) is 7.59. The summed E-state index contributed by atoms with van der Waals surface area (Å²) in [6.07, 6.45) is 7.31. The van der Waals surface area contributed by atoms with Gasteiger partial charge in [0, 0.05) is 24.0 Å². The number of imidazole rings is 1. The van der Waals surface area contributed by atoms with Crippen LogP contribution in [0.15, 0.2) is 42.3 Å². The van der Waals surface area contributed by atoms with Crippen LogP contribution >= 0.6 is 11.3 Å². The minimum absolute atomic E-state index is 0.463. The maximum Gasteiger partial charge on any atom is 0.234 e. The fraction of sp³-hybridized carbons (Fsp3) is 0.409. The van der Waals surface area contributed by atoms with E-state index < -0.39 is 13.9 Å². The third-order valence-electron chi connectivity index (χ3n) is 5.94. The number of hydrogen-bond acceptors (Lipinski definition) is 7. The van der Waals surface area contributed by atoms with Crippen molar-refractivity contribution in [2.45, 2.75) is 58.4 Å². The van der Waals surface area contributed by atoms with Gasteiger partial charge in [0.2, 0.25) is 5.78 Å². The van der Waals surface area contributed by atoms with Gasteiger partial charge in [0.15, 0.2) is 19.1 Å². The summed E-state index contributed by atoms with van der Waals surface area (Å²) >= 11 is 1.52. The zero-order valence-corrected chi connectivity index (χ0v) is 20.5. The van der Waals surface area contributed by atoms with Gasteiger partial charge in [-0.05, 0) is 44.1 Å². The molecule has 0 unspecified atom stereocenters. The molecule has 4 aromatic heterocycles. The highest BCUT2D eigenvalue weighted by Gasteiger charge is 2.37. The zero-order valence-electron chi connectivity index (χ0n) is 18.7. The Labute approximate surface area is 187 Å². The van der Waals surface area contributed by atoms with Crippen molar-refractivity contribution in [2.24, 2.45) is 0 Å². The molecule has 9 heteroatoms. The average Bonchev–Trinajstić information content (AvgIpc) is 3.47. The van der Waals surface area contributed by atoms with E-state index >= 15 is 0 Å². The minimum atomic E-state index is -1.77. The summed E-state index contributed by atoms with van der Waals surface area (Å²) < 4.78 is 8.73. The number of hydrogen-bond donors (Lipinski definition) is 0. The van der Waals surface area contributed by atoms with Crippen LogP contribution in [0.1, 0.15) is 40.3 Å². The van der Waals surface area contributed by atoms with Gasteiger partial charge in [-0.1, -0.05) is 20.8 Å². The van der Waals surface area contributed by atoms with Gasteiger partial charge in [0.1, 0.15) is 0 Å². The van der Waals surface area contributed by atoms with Crippen molar-refractivity contribution in [1.82, 2.24) is 29.3 Å². The molecule has 4 aromatic rings. The van der Waals surface area contributed by atoms with E-state index in [1.807, 2.05) is 28.1 Å². The first-order valence-electron chi connectivity index (χ1n) is 10.7. The van der Waals surface area contributed by atoms with E-state index in [0.29, 0.717) is 11.6 Å². The van der Waals surface area contributed by atoms with Gasteiger partial charge in [-0.2, -0.15) is 0 Å². The molecule has 0 aliphatic carbocycles. The largest absolute Gasteiger partial charge is 0.406 e. The molecule has 0 aromatic carbocycles. The van der Waals surface area contributed by atoms with Gasteiger partial charge < -0.3 is 4.43 Å². The molecule has 7 nitrogen and oxygen atoms in total. The predicted octanol–water partition coefficient (Wildman–Crippen LogP) is 5.57. The van der Waals surface area contributed by atoms with E-state index in [2.05, 4.69) is 54.6 Å². The van der Waals surface area contributed by atoms with Crippen LogP contribution in [0.3, 0.4) is 0 Å². The monoisotopic (exact) mass is 452 g/mol. The molecular formula is C22H28N6OSSi. The molecule has 0 atom stereocenters. The quantitative estimate of drug-likeness (QED) is 0.325. The molecule has 0 radical (unpaired) electrons. The highest BCUT2D eigenvalue weighted by atomic mass is 32.1. The second-order valence-corrected chi connectivity index (χ2v) is 13.7. The summed E-state index contributed by atoms with van der Waals surface area (Å²) in [4.78, 5) is 22.8. The molecule has 31 heavy (non-hydrogen) atoms. The Balaban J connectivity index is 1.68. The van der Waals surface area contributed by atoms with Crippen LogP contribution in [0.5, 0.6) is 0 Å². The third-order valence-corrected chi connectivity index (χ3v) is 11.5. The number of thiazole rings is 1. The Hall–Kier alpha value is -2.49. The molecule has 0 N–H and O–H groups in total. The van der Waals surface area contributed by atoms with Crippen LogP contribution in [0.25, 0.3) is 28.0 Å². The first-order valence-corrected chi connectivity index (χ1v) is 14.1. The second-order valence-electron chi connectivity index (χ2n) is 8.09. The lowest BCUT2D eigenvalue weighted by molar-refractivity contribution is 0.0894. The van der Waals surface area contributed by atoms with Crippen molar-refractivity contribution in [1.29, 1.82) is 0 Å². The van der Waals surface area contributed by atoms with Crippen molar-refractivity contribution in [3.63, 3.8) is 0 Å². The minimum Gasteiger partial charge on any atom is -0.406 e. The Morgan fingerprint density at radius 2 is 1.77 bits per heavy atom. The van der Waals surface area contributed by atoms with Crippen LogP contribution in [0, 0.1) is 0 Å². The van der Waals surface area contributed by atoms with E-state index in [4.69, 9.17) is 9.41 Å². The van der Waals surface area contributed by atoms with E-state index in [9.17, 15) is 0 Å². The number of rotatable bonds is 8. The SMILES string of the molecule is CC[Si](CC)(CC)OC(C)(C)c1ccn2c(-c3ccnc(-c4nccs4)n3)cnc2n1. The molecular weight excluding hydrogens is 424 g/mol. The Morgan fingerprint density at radius 3 is 2.45 bits per heavy atom. The van der Waals surface area contributed by atoms with Crippen LogP contribution in [0.4, 0.5) is 0 Å². The van der Waals surface area contributed by atoms with Gasteiger partial charge >= 0.3 is 0 Å². The highest BCUT2D eigenvalue weighted by Crippen LogP contribution is 2.33.